The maximum absolute atomic E-state index is 5.32. The third-order valence-corrected chi connectivity index (χ3v) is 2.63. The number of hydrogen-bond acceptors (Lipinski definition) is 1. The van der Waals surface area contributed by atoms with Crippen molar-refractivity contribution in [1.82, 2.24) is 0 Å². The molecular weight excluding hydrogens is 192 g/mol. The molecule has 1 fully saturated rings. The van der Waals surface area contributed by atoms with Gasteiger partial charge in [0.1, 0.15) is 0 Å². The van der Waals surface area contributed by atoms with Gasteiger partial charge in [-0.25, -0.2) is 0 Å². The van der Waals surface area contributed by atoms with Crippen molar-refractivity contribution in [2.75, 3.05) is 18.5 Å². The van der Waals surface area contributed by atoms with Gasteiger partial charge in [0.2, 0.25) is 0 Å². The zero-order chi connectivity index (χ0) is 7.40. The molecule has 0 aromatic rings. The molecule has 0 N–H and O–H groups in total. The van der Waals surface area contributed by atoms with E-state index in [1.165, 1.54) is 18.4 Å². The third-order valence-electron chi connectivity index (χ3n) is 1.91. The van der Waals surface area contributed by atoms with E-state index in [4.69, 9.17) is 4.74 Å². The van der Waals surface area contributed by atoms with Gasteiger partial charge < -0.3 is 4.74 Å². The molecule has 0 aromatic carbocycles. The Hall–Kier alpha value is 0.180. The SMILES string of the molecule is C=C(CBr)C1CCCOC1. The monoisotopic (exact) mass is 204 g/mol. The van der Waals surface area contributed by atoms with E-state index in [0.717, 1.165) is 18.5 Å². The van der Waals surface area contributed by atoms with Crippen molar-refractivity contribution >= 4 is 15.9 Å². The summed E-state index contributed by atoms with van der Waals surface area (Å²) in [6, 6.07) is 0. The fraction of sp³-hybridized carbons (Fsp3) is 0.750. The number of ether oxygens (including phenoxy) is 1. The second-order valence-corrected chi connectivity index (χ2v) is 3.27. The standard InChI is InChI=1S/C8H13BrO/c1-7(5-9)8-3-2-4-10-6-8/h8H,1-6H2. The minimum Gasteiger partial charge on any atom is -0.381 e. The molecular formula is C8H13BrO. The van der Waals surface area contributed by atoms with Gasteiger partial charge in [0.05, 0.1) is 6.61 Å². The van der Waals surface area contributed by atoms with E-state index in [0.29, 0.717) is 5.92 Å². The second kappa shape index (κ2) is 4.14. The number of halogens is 1. The normalized spacial score (nSPS) is 26.3. The van der Waals surface area contributed by atoms with Crippen molar-refractivity contribution in [3.8, 4) is 0 Å². The first-order valence-corrected chi connectivity index (χ1v) is 4.78. The summed E-state index contributed by atoms with van der Waals surface area (Å²) < 4.78 is 5.32. The largest absolute Gasteiger partial charge is 0.381 e. The van der Waals surface area contributed by atoms with Crippen LogP contribution in [-0.4, -0.2) is 18.5 Å². The van der Waals surface area contributed by atoms with Crippen LogP contribution >= 0.6 is 15.9 Å². The predicted molar refractivity (Wildman–Crippen MR) is 46.5 cm³/mol. The highest BCUT2D eigenvalue weighted by Crippen LogP contribution is 2.21. The van der Waals surface area contributed by atoms with Crippen molar-refractivity contribution in [2.24, 2.45) is 5.92 Å². The molecule has 0 aromatic heterocycles. The van der Waals surface area contributed by atoms with Crippen LogP contribution in [-0.2, 0) is 4.74 Å². The summed E-state index contributed by atoms with van der Waals surface area (Å²) in [7, 11) is 0. The molecule has 1 unspecified atom stereocenters. The fourth-order valence-electron chi connectivity index (χ4n) is 1.17. The van der Waals surface area contributed by atoms with Gasteiger partial charge in [0.25, 0.3) is 0 Å². The summed E-state index contributed by atoms with van der Waals surface area (Å²) in [5.41, 5.74) is 1.28. The summed E-state index contributed by atoms with van der Waals surface area (Å²) in [4.78, 5) is 0. The minimum atomic E-state index is 0.605. The number of alkyl halides is 1. The maximum Gasteiger partial charge on any atom is 0.0531 e. The van der Waals surface area contributed by atoms with E-state index in [-0.39, 0.29) is 0 Å². The summed E-state index contributed by atoms with van der Waals surface area (Å²) in [6.07, 6.45) is 2.45. The topological polar surface area (TPSA) is 9.23 Å². The van der Waals surface area contributed by atoms with Crippen LogP contribution in [0.15, 0.2) is 12.2 Å². The lowest BCUT2D eigenvalue weighted by molar-refractivity contribution is 0.0677. The van der Waals surface area contributed by atoms with E-state index in [2.05, 4.69) is 22.5 Å². The van der Waals surface area contributed by atoms with E-state index < -0.39 is 0 Å². The Kier molecular flexibility index (Phi) is 3.43. The van der Waals surface area contributed by atoms with Gasteiger partial charge in [-0.2, -0.15) is 0 Å². The average molecular weight is 205 g/mol. The third kappa shape index (κ3) is 2.10. The van der Waals surface area contributed by atoms with Crippen LogP contribution < -0.4 is 0 Å². The molecule has 10 heavy (non-hydrogen) atoms. The summed E-state index contributed by atoms with van der Waals surface area (Å²) in [5, 5.41) is 0.918. The zero-order valence-corrected chi connectivity index (χ0v) is 7.69. The Labute approximate surface area is 70.6 Å². The van der Waals surface area contributed by atoms with Gasteiger partial charge in [-0.1, -0.05) is 28.1 Å². The van der Waals surface area contributed by atoms with Crippen molar-refractivity contribution in [3.05, 3.63) is 12.2 Å². The van der Waals surface area contributed by atoms with Crippen molar-refractivity contribution < 1.29 is 4.74 Å². The Morgan fingerprint density at radius 1 is 1.70 bits per heavy atom. The highest BCUT2D eigenvalue weighted by molar-refractivity contribution is 9.09. The smallest absolute Gasteiger partial charge is 0.0531 e. The molecule has 1 aliphatic rings. The molecule has 58 valence electrons. The molecule has 1 rings (SSSR count). The highest BCUT2D eigenvalue weighted by Gasteiger charge is 2.15. The molecule has 1 saturated heterocycles. The highest BCUT2D eigenvalue weighted by atomic mass is 79.9. The van der Waals surface area contributed by atoms with Crippen LogP contribution in [0.25, 0.3) is 0 Å². The van der Waals surface area contributed by atoms with Gasteiger partial charge in [-0.05, 0) is 12.8 Å². The fourth-order valence-corrected chi connectivity index (χ4v) is 1.63. The van der Waals surface area contributed by atoms with E-state index >= 15 is 0 Å². The molecule has 0 spiro atoms. The molecule has 0 aliphatic carbocycles. The van der Waals surface area contributed by atoms with Crippen molar-refractivity contribution in [2.45, 2.75) is 12.8 Å². The molecule has 0 bridgehead atoms. The van der Waals surface area contributed by atoms with E-state index in [9.17, 15) is 0 Å². The Bertz CT molecular complexity index is 116. The molecule has 0 radical (unpaired) electrons. The average Bonchev–Trinajstić information content (AvgIpc) is 2.05. The van der Waals surface area contributed by atoms with Crippen molar-refractivity contribution in [3.63, 3.8) is 0 Å². The van der Waals surface area contributed by atoms with E-state index in [1.54, 1.807) is 0 Å². The molecule has 2 heteroatoms. The lowest BCUT2D eigenvalue weighted by atomic mass is 9.96. The summed E-state index contributed by atoms with van der Waals surface area (Å²) in [5.74, 6) is 0.605. The van der Waals surface area contributed by atoms with Crippen molar-refractivity contribution in [1.29, 1.82) is 0 Å². The van der Waals surface area contributed by atoms with Gasteiger partial charge in [-0.3, -0.25) is 0 Å². The van der Waals surface area contributed by atoms with Crippen LogP contribution in [0, 0.1) is 5.92 Å². The first kappa shape index (κ1) is 8.28. The predicted octanol–water partition coefficient (Wildman–Crippen LogP) is 2.36. The quantitative estimate of drug-likeness (QED) is 0.496. The van der Waals surface area contributed by atoms with Crippen LogP contribution in [0.3, 0.4) is 0 Å². The Morgan fingerprint density at radius 2 is 2.50 bits per heavy atom. The lowest BCUT2D eigenvalue weighted by Crippen LogP contribution is -2.19. The van der Waals surface area contributed by atoms with Gasteiger partial charge >= 0.3 is 0 Å². The van der Waals surface area contributed by atoms with Crippen LogP contribution in [0.1, 0.15) is 12.8 Å². The zero-order valence-electron chi connectivity index (χ0n) is 6.11. The van der Waals surface area contributed by atoms with Crippen LogP contribution in [0.5, 0.6) is 0 Å². The summed E-state index contributed by atoms with van der Waals surface area (Å²) in [6.45, 7) is 5.79. The lowest BCUT2D eigenvalue weighted by Gasteiger charge is -2.22. The molecule has 0 amide bonds. The van der Waals surface area contributed by atoms with Gasteiger partial charge in [0, 0.05) is 17.9 Å². The Morgan fingerprint density at radius 3 is 3.00 bits per heavy atom. The molecule has 0 saturated carbocycles. The van der Waals surface area contributed by atoms with Gasteiger partial charge in [-0.15, -0.1) is 0 Å². The molecule has 1 heterocycles. The second-order valence-electron chi connectivity index (χ2n) is 2.71. The van der Waals surface area contributed by atoms with Gasteiger partial charge in [0.15, 0.2) is 0 Å². The Balaban J connectivity index is 2.31. The first-order valence-electron chi connectivity index (χ1n) is 3.66. The van der Waals surface area contributed by atoms with E-state index in [1.807, 2.05) is 0 Å². The number of hydrogen-bond donors (Lipinski definition) is 0. The molecule has 1 nitrogen and oxygen atoms in total. The van der Waals surface area contributed by atoms with Crippen LogP contribution in [0.4, 0.5) is 0 Å². The van der Waals surface area contributed by atoms with Crippen LogP contribution in [0.2, 0.25) is 0 Å². The summed E-state index contributed by atoms with van der Waals surface area (Å²) >= 11 is 3.40. The maximum atomic E-state index is 5.32. The number of rotatable bonds is 2. The molecule has 1 aliphatic heterocycles. The molecule has 1 atom stereocenters. The first-order chi connectivity index (χ1) is 4.84. The minimum absolute atomic E-state index is 0.605.